The zero-order valence-electron chi connectivity index (χ0n) is 12.3. The lowest BCUT2D eigenvalue weighted by Gasteiger charge is -2.16. The van der Waals surface area contributed by atoms with Crippen molar-refractivity contribution in [2.75, 3.05) is 24.9 Å². The minimum absolute atomic E-state index is 0.0000898. The first kappa shape index (κ1) is 16.4. The molecule has 2 rings (SSSR count). The second-order valence-corrected chi connectivity index (χ2v) is 5.63. The maximum atomic E-state index is 11.8. The smallest absolute Gasteiger partial charge is 0.354 e. The van der Waals surface area contributed by atoms with Crippen molar-refractivity contribution >= 4 is 39.2 Å². The van der Waals surface area contributed by atoms with E-state index in [0.717, 1.165) is 29.1 Å². The number of ether oxygens (including phenoxy) is 2. The number of benzene rings is 1. The molecular weight excluding hydrogens is 352 g/mol. The molecule has 0 saturated heterocycles. The first-order valence-electron chi connectivity index (χ1n) is 6.75. The molecule has 0 unspecified atom stereocenters. The highest BCUT2D eigenvalue weighted by Gasteiger charge is 2.23. The summed E-state index contributed by atoms with van der Waals surface area (Å²) in [6, 6.07) is 6.08. The van der Waals surface area contributed by atoms with Gasteiger partial charge < -0.3 is 20.1 Å². The van der Waals surface area contributed by atoms with Crippen LogP contribution in [0.25, 0.3) is 0 Å². The molecule has 0 bridgehead atoms. The van der Waals surface area contributed by atoms with Gasteiger partial charge in [-0.1, -0.05) is 6.07 Å². The Labute approximate surface area is 137 Å². The Kier molecular flexibility index (Phi) is 5.43. The Morgan fingerprint density at radius 2 is 2.00 bits per heavy atom. The highest BCUT2D eigenvalue weighted by atomic mass is 79.9. The molecule has 0 heterocycles. The van der Waals surface area contributed by atoms with Crippen LogP contribution in [-0.4, -0.2) is 32.2 Å². The van der Waals surface area contributed by atoms with E-state index in [-0.39, 0.29) is 5.70 Å². The van der Waals surface area contributed by atoms with Gasteiger partial charge in [0.15, 0.2) is 0 Å². The zero-order chi connectivity index (χ0) is 16.1. The molecule has 22 heavy (non-hydrogen) atoms. The fraction of sp³-hybridized carbons (Fsp3) is 0.333. The fourth-order valence-electron chi connectivity index (χ4n) is 1.79. The maximum absolute atomic E-state index is 11.8. The molecule has 7 heteroatoms. The average Bonchev–Trinajstić information content (AvgIpc) is 3.32. The van der Waals surface area contributed by atoms with Crippen LogP contribution in [0.3, 0.4) is 0 Å². The van der Waals surface area contributed by atoms with E-state index >= 15 is 0 Å². The largest absolute Gasteiger partial charge is 0.466 e. The zero-order valence-corrected chi connectivity index (χ0v) is 13.9. The number of rotatable bonds is 6. The maximum Gasteiger partial charge on any atom is 0.354 e. The Bertz CT molecular complexity index is 612. The van der Waals surface area contributed by atoms with E-state index in [0.29, 0.717) is 11.7 Å². The molecular formula is C15H17BrN2O4. The SMILES string of the molecule is COC(=O)/C=C(/Nc1c(Br)cccc1NC1CC1)C(=O)OC. The predicted molar refractivity (Wildman–Crippen MR) is 86.5 cm³/mol. The number of halogens is 1. The molecule has 6 nitrogen and oxygen atoms in total. The average molecular weight is 369 g/mol. The first-order valence-corrected chi connectivity index (χ1v) is 7.54. The number of hydrogen-bond acceptors (Lipinski definition) is 6. The van der Waals surface area contributed by atoms with Gasteiger partial charge in [0, 0.05) is 10.5 Å². The van der Waals surface area contributed by atoms with E-state index in [1.165, 1.54) is 14.2 Å². The van der Waals surface area contributed by atoms with Crippen LogP contribution in [0.4, 0.5) is 11.4 Å². The minimum atomic E-state index is -0.654. The highest BCUT2D eigenvalue weighted by molar-refractivity contribution is 9.10. The number of hydrogen-bond donors (Lipinski definition) is 2. The summed E-state index contributed by atoms with van der Waals surface area (Å²) in [6.07, 6.45) is 3.30. The summed E-state index contributed by atoms with van der Waals surface area (Å²) in [4.78, 5) is 23.2. The molecule has 1 aromatic carbocycles. The fourth-order valence-corrected chi connectivity index (χ4v) is 2.25. The third-order valence-corrected chi connectivity index (χ3v) is 3.74. The summed E-state index contributed by atoms with van der Waals surface area (Å²) in [5, 5.41) is 6.31. The van der Waals surface area contributed by atoms with E-state index in [1.807, 2.05) is 18.2 Å². The molecule has 1 fully saturated rings. The number of carbonyl (C=O) groups is 2. The van der Waals surface area contributed by atoms with E-state index in [4.69, 9.17) is 0 Å². The predicted octanol–water partition coefficient (Wildman–Crippen LogP) is 2.67. The lowest BCUT2D eigenvalue weighted by Crippen LogP contribution is -2.17. The van der Waals surface area contributed by atoms with Crippen LogP contribution in [0.15, 0.2) is 34.4 Å². The quantitative estimate of drug-likeness (QED) is 0.593. The molecule has 0 aliphatic heterocycles. The number of para-hydroxylation sites is 1. The molecule has 1 aliphatic rings. The topological polar surface area (TPSA) is 76.7 Å². The summed E-state index contributed by atoms with van der Waals surface area (Å²) in [6.45, 7) is 0. The molecule has 0 atom stereocenters. The van der Waals surface area contributed by atoms with Gasteiger partial charge in [0.25, 0.3) is 0 Å². The minimum Gasteiger partial charge on any atom is -0.466 e. The monoisotopic (exact) mass is 368 g/mol. The van der Waals surface area contributed by atoms with Crippen molar-refractivity contribution in [3.05, 3.63) is 34.4 Å². The van der Waals surface area contributed by atoms with Gasteiger partial charge in [-0.25, -0.2) is 9.59 Å². The van der Waals surface area contributed by atoms with Crippen molar-refractivity contribution in [3.8, 4) is 0 Å². The molecule has 0 amide bonds. The van der Waals surface area contributed by atoms with Crippen molar-refractivity contribution in [2.45, 2.75) is 18.9 Å². The van der Waals surface area contributed by atoms with Crippen molar-refractivity contribution in [1.82, 2.24) is 0 Å². The summed E-state index contributed by atoms with van der Waals surface area (Å²) >= 11 is 3.44. The van der Waals surface area contributed by atoms with Gasteiger partial charge in [0.2, 0.25) is 0 Å². The lowest BCUT2D eigenvalue weighted by molar-refractivity contribution is -0.138. The van der Waals surface area contributed by atoms with Crippen molar-refractivity contribution in [3.63, 3.8) is 0 Å². The van der Waals surface area contributed by atoms with E-state index in [1.54, 1.807) is 0 Å². The molecule has 2 N–H and O–H groups in total. The van der Waals surface area contributed by atoms with Gasteiger partial charge in [-0.3, -0.25) is 0 Å². The Hall–Kier alpha value is -2.02. The molecule has 0 spiro atoms. The number of esters is 2. The van der Waals surface area contributed by atoms with Crippen molar-refractivity contribution in [2.24, 2.45) is 0 Å². The number of nitrogens with one attached hydrogen (secondary N) is 2. The lowest BCUT2D eigenvalue weighted by atomic mass is 10.2. The molecule has 0 aromatic heterocycles. The summed E-state index contributed by atoms with van der Waals surface area (Å²) < 4.78 is 10.0. The van der Waals surface area contributed by atoms with Gasteiger partial charge in [-0.15, -0.1) is 0 Å². The van der Waals surface area contributed by atoms with Gasteiger partial charge in [-0.2, -0.15) is 0 Å². The van der Waals surface area contributed by atoms with Crippen LogP contribution in [0.1, 0.15) is 12.8 Å². The van der Waals surface area contributed by atoms with Crippen LogP contribution in [0.2, 0.25) is 0 Å². The summed E-state index contributed by atoms with van der Waals surface area (Å²) in [7, 11) is 2.49. The third kappa shape index (κ3) is 4.24. The molecule has 118 valence electrons. The molecule has 1 saturated carbocycles. The normalized spacial score (nSPS) is 14.2. The second-order valence-electron chi connectivity index (χ2n) is 4.78. The van der Waals surface area contributed by atoms with E-state index in [9.17, 15) is 9.59 Å². The van der Waals surface area contributed by atoms with Crippen LogP contribution in [-0.2, 0) is 19.1 Å². The molecule has 0 radical (unpaired) electrons. The molecule has 1 aliphatic carbocycles. The van der Waals surface area contributed by atoms with Crippen LogP contribution >= 0.6 is 15.9 Å². The standard InChI is InChI=1S/C15H17BrN2O4/c1-21-13(19)8-12(15(20)22-2)18-14-10(16)4-3-5-11(14)17-9-6-7-9/h3-5,8-9,17-18H,6-7H2,1-2H3/b12-8+. The molecule has 1 aromatic rings. The van der Waals surface area contributed by atoms with E-state index < -0.39 is 11.9 Å². The Balaban J connectivity index is 2.30. The van der Waals surface area contributed by atoms with E-state index in [2.05, 4.69) is 36.0 Å². The number of methoxy groups -OCH3 is 2. The van der Waals surface area contributed by atoms with Gasteiger partial charge in [-0.05, 0) is 40.9 Å². The van der Waals surface area contributed by atoms with Crippen LogP contribution in [0, 0.1) is 0 Å². The number of carbonyl (C=O) groups excluding carboxylic acids is 2. The third-order valence-electron chi connectivity index (χ3n) is 3.08. The summed E-state index contributed by atoms with van der Waals surface area (Å²) in [5.41, 5.74) is 1.51. The van der Waals surface area contributed by atoms with Gasteiger partial charge in [0.05, 0.1) is 31.7 Å². The van der Waals surface area contributed by atoms with Crippen LogP contribution in [0.5, 0.6) is 0 Å². The van der Waals surface area contributed by atoms with Gasteiger partial charge in [0.1, 0.15) is 5.70 Å². The Morgan fingerprint density at radius 3 is 2.59 bits per heavy atom. The summed E-state index contributed by atoms with van der Waals surface area (Å²) in [5.74, 6) is -1.30. The number of anilines is 2. The highest BCUT2D eigenvalue weighted by Crippen LogP contribution is 2.35. The van der Waals surface area contributed by atoms with Gasteiger partial charge >= 0.3 is 11.9 Å². The van der Waals surface area contributed by atoms with Crippen LogP contribution < -0.4 is 10.6 Å². The first-order chi connectivity index (χ1) is 10.5. The van der Waals surface area contributed by atoms with Crippen molar-refractivity contribution in [1.29, 1.82) is 0 Å². The van der Waals surface area contributed by atoms with Crippen molar-refractivity contribution < 1.29 is 19.1 Å². The Morgan fingerprint density at radius 1 is 1.27 bits per heavy atom. The second kappa shape index (κ2) is 7.31.